The van der Waals surface area contributed by atoms with Gasteiger partial charge in [-0.2, -0.15) is 0 Å². The molecule has 1 aromatic heterocycles. The first-order chi connectivity index (χ1) is 9.35. The third-order valence-corrected chi connectivity index (χ3v) is 6.17. The SMILES string of the molecule is CNc1sc(S(=O)(=O)NC2CCOC2C)cc1[N+](=O)[O-]. The lowest BCUT2D eigenvalue weighted by Crippen LogP contribution is -2.38. The Hall–Kier alpha value is -1.23. The average Bonchev–Trinajstić information content (AvgIpc) is 2.96. The van der Waals surface area contributed by atoms with E-state index in [0.29, 0.717) is 13.0 Å². The molecular formula is C10H15N3O5S2. The molecule has 1 aliphatic rings. The Morgan fingerprint density at radius 3 is 2.70 bits per heavy atom. The van der Waals surface area contributed by atoms with Gasteiger partial charge >= 0.3 is 5.69 Å². The molecule has 0 aromatic carbocycles. The van der Waals surface area contributed by atoms with Gasteiger partial charge in [-0.25, -0.2) is 13.1 Å². The lowest BCUT2D eigenvalue weighted by atomic mass is 10.2. The van der Waals surface area contributed by atoms with E-state index in [-0.39, 0.29) is 27.0 Å². The molecule has 0 aliphatic carbocycles. The van der Waals surface area contributed by atoms with Crippen molar-refractivity contribution in [1.82, 2.24) is 4.72 Å². The van der Waals surface area contributed by atoms with Gasteiger partial charge in [-0.1, -0.05) is 11.3 Å². The zero-order chi connectivity index (χ0) is 14.9. The highest BCUT2D eigenvalue weighted by Crippen LogP contribution is 2.36. The third kappa shape index (κ3) is 2.92. The first kappa shape index (κ1) is 15.2. The topological polar surface area (TPSA) is 111 Å². The summed E-state index contributed by atoms with van der Waals surface area (Å²) in [5, 5.41) is 13.7. The molecule has 112 valence electrons. The Labute approximate surface area is 120 Å². The first-order valence-corrected chi connectivity index (χ1v) is 8.25. The molecule has 1 aromatic rings. The van der Waals surface area contributed by atoms with E-state index in [1.165, 1.54) is 7.05 Å². The number of anilines is 1. The number of ether oxygens (including phenoxy) is 1. The fourth-order valence-electron chi connectivity index (χ4n) is 1.95. The van der Waals surface area contributed by atoms with E-state index in [4.69, 9.17) is 4.74 Å². The minimum Gasteiger partial charge on any atom is -0.377 e. The van der Waals surface area contributed by atoms with Crippen LogP contribution in [0.3, 0.4) is 0 Å². The summed E-state index contributed by atoms with van der Waals surface area (Å²) in [7, 11) is -2.27. The van der Waals surface area contributed by atoms with Crippen molar-refractivity contribution in [3.8, 4) is 0 Å². The predicted molar refractivity (Wildman–Crippen MR) is 74.7 cm³/mol. The second-order valence-corrected chi connectivity index (χ2v) is 7.37. The van der Waals surface area contributed by atoms with Crippen molar-refractivity contribution in [3.63, 3.8) is 0 Å². The quantitative estimate of drug-likeness (QED) is 0.622. The Morgan fingerprint density at radius 2 is 2.25 bits per heavy atom. The van der Waals surface area contributed by atoms with Gasteiger partial charge in [0.15, 0.2) is 5.00 Å². The van der Waals surface area contributed by atoms with Gasteiger partial charge in [-0.15, -0.1) is 0 Å². The summed E-state index contributed by atoms with van der Waals surface area (Å²) in [5.41, 5.74) is -0.242. The van der Waals surface area contributed by atoms with Gasteiger partial charge in [-0.05, 0) is 13.3 Å². The van der Waals surface area contributed by atoms with Crippen molar-refractivity contribution in [3.05, 3.63) is 16.2 Å². The van der Waals surface area contributed by atoms with Crippen LogP contribution in [0.25, 0.3) is 0 Å². The van der Waals surface area contributed by atoms with Crippen LogP contribution in [-0.4, -0.2) is 39.1 Å². The van der Waals surface area contributed by atoms with Crippen LogP contribution in [0.1, 0.15) is 13.3 Å². The van der Waals surface area contributed by atoms with Gasteiger partial charge in [0.2, 0.25) is 0 Å². The highest BCUT2D eigenvalue weighted by molar-refractivity contribution is 7.91. The molecule has 2 unspecified atom stereocenters. The highest BCUT2D eigenvalue weighted by atomic mass is 32.2. The smallest absolute Gasteiger partial charge is 0.304 e. The fraction of sp³-hybridized carbons (Fsp3) is 0.600. The normalized spacial score (nSPS) is 22.9. The van der Waals surface area contributed by atoms with Gasteiger partial charge in [-0.3, -0.25) is 10.1 Å². The molecule has 0 amide bonds. The molecule has 0 radical (unpaired) electrons. The van der Waals surface area contributed by atoms with Crippen molar-refractivity contribution in [2.45, 2.75) is 29.7 Å². The van der Waals surface area contributed by atoms with Crippen molar-refractivity contribution in [1.29, 1.82) is 0 Å². The summed E-state index contributed by atoms with van der Waals surface area (Å²) in [4.78, 5) is 10.2. The first-order valence-electron chi connectivity index (χ1n) is 5.95. The second-order valence-electron chi connectivity index (χ2n) is 4.38. The van der Waals surface area contributed by atoms with Gasteiger partial charge in [0, 0.05) is 19.7 Å². The van der Waals surface area contributed by atoms with Crippen molar-refractivity contribution in [2.24, 2.45) is 0 Å². The number of thiophene rings is 1. The number of rotatable bonds is 5. The van der Waals surface area contributed by atoms with Gasteiger partial charge in [0.25, 0.3) is 10.0 Å². The number of nitrogens with one attached hydrogen (secondary N) is 2. The molecule has 10 heteroatoms. The predicted octanol–water partition coefficient (Wildman–Crippen LogP) is 1.15. The van der Waals surface area contributed by atoms with E-state index in [2.05, 4.69) is 10.0 Å². The molecule has 2 atom stereocenters. The molecule has 1 saturated heterocycles. The van der Waals surface area contributed by atoms with Crippen LogP contribution in [0.2, 0.25) is 0 Å². The van der Waals surface area contributed by atoms with Crippen molar-refractivity contribution in [2.75, 3.05) is 19.0 Å². The molecular weight excluding hydrogens is 306 g/mol. The van der Waals surface area contributed by atoms with Crippen molar-refractivity contribution < 1.29 is 18.1 Å². The Morgan fingerprint density at radius 1 is 1.55 bits per heavy atom. The number of hydrogen-bond donors (Lipinski definition) is 2. The molecule has 1 aliphatic heterocycles. The van der Waals surface area contributed by atoms with Crippen LogP contribution < -0.4 is 10.0 Å². The maximum absolute atomic E-state index is 12.2. The minimum atomic E-state index is -3.78. The Balaban J connectivity index is 2.27. The van der Waals surface area contributed by atoms with Crippen LogP contribution in [0.4, 0.5) is 10.7 Å². The molecule has 2 rings (SSSR count). The van der Waals surface area contributed by atoms with Gasteiger partial charge < -0.3 is 10.1 Å². The zero-order valence-electron chi connectivity index (χ0n) is 11.0. The molecule has 0 spiro atoms. The van der Waals surface area contributed by atoms with E-state index in [1.54, 1.807) is 6.92 Å². The molecule has 0 saturated carbocycles. The maximum atomic E-state index is 12.2. The summed E-state index contributed by atoms with van der Waals surface area (Å²) in [6, 6.07) is 0.762. The summed E-state index contributed by atoms with van der Waals surface area (Å²) in [6.45, 7) is 2.29. The van der Waals surface area contributed by atoms with Crippen LogP contribution in [0.15, 0.2) is 10.3 Å². The molecule has 8 nitrogen and oxygen atoms in total. The number of nitro groups is 1. The number of nitrogens with zero attached hydrogens (tertiary/aromatic N) is 1. The van der Waals surface area contributed by atoms with E-state index in [9.17, 15) is 18.5 Å². The van der Waals surface area contributed by atoms with Crippen LogP contribution in [0, 0.1) is 10.1 Å². The fourth-order valence-corrected chi connectivity index (χ4v) is 4.59. The van der Waals surface area contributed by atoms with Crippen LogP contribution >= 0.6 is 11.3 Å². The summed E-state index contributed by atoms with van der Waals surface area (Å²) in [6.07, 6.45) is 0.385. The second kappa shape index (κ2) is 5.64. The van der Waals surface area contributed by atoms with Crippen LogP contribution in [-0.2, 0) is 14.8 Å². The third-order valence-electron chi connectivity index (χ3n) is 3.06. The largest absolute Gasteiger partial charge is 0.377 e. The molecule has 2 N–H and O–H groups in total. The maximum Gasteiger partial charge on any atom is 0.304 e. The summed E-state index contributed by atoms with van der Waals surface area (Å²) < 4.78 is 32.2. The molecule has 0 bridgehead atoms. The lowest BCUT2D eigenvalue weighted by Gasteiger charge is -2.15. The summed E-state index contributed by atoms with van der Waals surface area (Å²) in [5.74, 6) is 0. The molecule has 1 fully saturated rings. The zero-order valence-corrected chi connectivity index (χ0v) is 12.6. The number of sulfonamides is 1. The lowest BCUT2D eigenvalue weighted by molar-refractivity contribution is -0.383. The highest BCUT2D eigenvalue weighted by Gasteiger charge is 2.32. The monoisotopic (exact) mass is 321 g/mol. The van der Waals surface area contributed by atoms with E-state index in [0.717, 1.165) is 17.4 Å². The van der Waals surface area contributed by atoms with E-state index >= 15 is 0 Å². The van der Waals surface area contributed by atoms with E-state index < -0.39 is 14.9 Å². The van der Waals surface area contributed by atoms with Crippen LogP contribution in [0.5, 0.6) is 0 Å². The molecule has 20 heavy (non-hydrogen) atoms. The molecule has 2 heterocycles. The van der Waals surface area contributed by atoms with E-state index in [1.807, 2.05) is 0 Å². The van der Waals surface area contributed by atoms with Gasteiger partial charge in [0.05, 0.1) is 17.1 Å². The minimum absolute atomic E-state index is 0.0762. The average molecular weight is 321 g/mol. The Bertz CT molecular complexity index is 612. The number of hydrogen-bond acceptors (Lipinski definition) is 7. The van der Waals surface area contributed by atoms with Gasteiger partial charge in [0.1, 0.15) is 4.21 Å². The Kier molecular flexibility index (Phi) is 4.28. The summed E-state index contributed by atoms with van der Waals surface area (Å²) >= 11 is 0.835. The van der Waals surface area contributed by atoms with Crippen molar-refractivity contribution >= 4 is 32.0 Å². The standard InChI is InChI=1S/C10H15N3O5S2/c1-6-7(3-4-18-6)12-20(16,17)9-5-8(13(14)15)10(11-2)19-9/h5-7,11-12H,3-4H2,1-2H3.